The number of rotatable bonds is 3. The molecule has 2 rings (SSSR count). The van der Waals surface area contributed by atoms with Gasteiger partial charge in [0.2, 0.25) is 5.88 Å². The van der Waals surface area contributed by atoms with Crippen LogP contribution in [0.4, 0.5) is 0 Å². The standard InChI is InChI=1S/C15H22N2OS/c1-10-7-11(9-15(2,3)8-10)18-14-12(13(16)19)5-4-6-17-14/h4-6,10-11H,7-9H2,1-3H3,(H2,16,19). The molecule has 2 N–H and O–H groups in total. The summed E-state index contributed by atoms with van der Waals surface area (Å²) in [5.41, 5.74) is 6.76. The molecule has 4 heteroatoms. The molecule has 1 aliphatic carbocycles. The van der Waals surface area contributed by atoms with E-state index < -0.39 is 0 Å². The van der Waals surface area contributed by atoms with Crippen LogP contribution in [0, 0.1) is 11.3 Å². The minimum absolute atomic E-state index is 0.196. The molecule has 1 aromatic heterocycles. The molecule has 2 unspecified atom stereocenters. The van der Waals surface area contributed by atoms with E-state index in [4.69, 9.17) is 22.7 Å². The lowest BCUT2D eigenvalue weighted by Crippen LogP contribution is -2.34. The van der Waals surface area contributed by atoms with Gasteiger partial charge < -0.3 is 10.5 Å². The lowest BCUT2D eigenvalue weighted by molar-refractivity contribution is 0.0531. The Morgan fingerprint density at radius 3 is 2.84 bits per heavy atom. The summed E-state index contributed by atoms with van der Waals surface area (Å²) < 4.78 is 6.08. The molecule has 1 aromatic rings. The number of hydrogen-bond donors (Lipinski definition) is 1. The van der Waals surface area contributed by atoms with Crippen LogP contribution in [0.1, 0.15) is 45.6 Å². The lowest BCUT2D eigenvalue weighted by Gasteiger charge is -2.38. The van der Waals surface area contributed by atoms with E-state index in [0.29, 0.717) is 22.2 Å². The highest BCUT2D eigenvalue weighted by Gasteiger charge is 2.33. The van der Waals surface area contributed by atoms with Gasteiger partial charge in [-0.05, 0) is 42.7 Å². The van der Waals surface area contributed by atoms with E-state index in [2.05, 4.69) is 25.8 Å². The van der Waals surface area contributed by atoms with Crippen molar-refractivity contribution in [1.29, 1.82) is 0 Å². The fourth-order valence-corrected chi connectivity index (χ4v) is 3.33. The van der Waals surface area contributed by atoms with E-state index in [1.54, 1.807) is 6.20 Å². The van der Waals surface area contributed by atoms with Crippen LogP contribution in [-0.2, 0) is 0 Å². The maximum absolute atomic E-state index is 6.08. The van der Waals surface area contributed by atoms with Crippen LogP contribution in [0.15, 0.2) is 18.3 Å². The molecule has 0 amide bonds. The highest BCUT2D eigenvalue weighted by Crippen LogP contribution is 2.40. The van der Waals surface area contributed by atoms with E-state index in [1.165, 1.54) is 6.42 Å². The fourth-order valence-electron chi connectivity index (χ4n) is 3.18. The quantitative estimate of drug-likeness (QED) is 0.862. The molecule has 1 heterocycles. The topological polar surface area (TPSA) is 48.1 Å². The Labute approximate surface area is 120 Å². The average Bonchev–Trinajstić information content (AvgIpc) is 2.26. The summed E-state index contributed by atoms with van der Waals surface area (Å²) >= 11 is 5.04. The molecule has 2 atom stereocenters. The third kappa shape index (κ3) is 3.66. The van der Waals surface area contributed by atoms with Gasteiger partial charge in [-0.1, -0.05) is 33.0 Å². The van der Waals surface area contributed by atoms with E-state index >= 15 is 0 Å². The number of thiocarbonyl (C=S) groups is 1. The molecule has 3 nitrogen and oxygen atoms in total. The lowest BCUT2D eigenvalue weighted by atomic mass is 9.71. The third-order valence-corrected chi connectivity index (χ3v) is 3.88. The second kappa shape index (κ2) is 5.45. The van der Waals surface area contributed by atoms with Crippen molar-refractivity contribution in [3.63, 3.8) is 0 Å². The Hall–Kier alpha value is -1.16. The Bertz CT molecular complexity index is 473. The maximum Gasteiger partial charge on any atom is 0.223 e. The Balaban J connectivity index is 2.15. The SMILES string of the molecule is CC1CC(Oc2ncccc2C(N)=S)CC(C)(C)C1. The van der Waals surface area contributed by atoms with Gasteiger partial charge in [-0.15, -0.1) is 0 Å². The van der Waals surface area contributed by atoms with Crippen LogP contribution in [-0.4, -0.2) is 16.1 Å². The van der Waals surface area contributed by atoms with Gasteiger partial charge in [-0.3, -0.25) is 0 Å². The first-order chi connectivity index (χ1) is 8.87. The van der Waals surface area contributed by atoms with Crippen molar-refractivity contribution >= 4 is 17.2 Å². The molecule has 0 aliphatic heterocycles. The van der Waals surface area contributed by atoms with Gasteiger partial charge in [-0.25, -0.2) is 4.98 Å². The minimum atomic E-state index is 0.196. The molecular formula is C15H22N2OS. The van der Waals surface area contributed by atoms with E-state index in [1.807, 2.05) is 12.1 Å². The Morgan fingerprint density at radius 2 is 2.21 bits per heavy atom. The van der Waals surface area contributed by atoms with Crippen LogP contribution in [0.25, 0.3) is 0 Å². The van der Waals surface area contributed by atoms with Crippen molar-refractivity contribution in [3.05, 3.63) is 23.9 Å². The smallest absolute Gasteiger partial charge is 0.223 e. The first kappa shape index (κ1) is 14.3. The summed E-state index contributed by atoms with van der Waals surface area (Å²) in [5.74, 6) is 1.25. The summed E-state index contributed by atoms with van der Waals surface area (Å²) in [6.07, 6.45) is 5.27. The van der Waals surface area contributed by atoms with Crippen molar-refractivity contribution in [2.45, 2.75) is 46.1 Å². The zero-order chi connectivity index (χ0) is 14.0. The van der Waals surface area contributed by atoms with Gasteiger partial charge in [-0.2, -0.15) is 0 Å². The van der Waals surface area contributed by atoms with Crippen molar-refractivity contribution in [2.24, 2.45) is 17.1 Å². The normalized spacial score (nSPS) is 25.8. The van der Waals surface area contributed by atoms with Gasteiger partial charge in [0.1, 0.15) is 11.1 Å². The van der Waals surface area contributed by atoms with Gasteiger partial charge in [0.05, 0.1) is 5.56 Å². The highest BCUT2D eigenvalue weighted by atomic mass is 32.1. The number of aromatic nitrogens is 1. The molecule has 0 saturated heterocycles. The zero-order valence-electron chi connectivity index (χ0n) is 11.8. The molecule has 19 heavy (non-hydrogen) atoms. The van der Waals surface area contributed by atoms with Crippen LogP contribution >= 0.6 is 12.2 Å². The molecule has 0 radical (unpaired) electrons. The van der Waals surface area contributed by atoms with Crippen molar-refractivity contribution < 1.29 is 4.74 Å². The Morgan fingerprint density at radius 1 is 1.47 bits per heavy atom. The van der Waals surface area contributed by atoms with Crippen LogP contribution in [0.5, 0.6) is 5.88 Å². The molecule has 0 aromatic carbocycles. The number of nitrogens with two attached hydrogens (primary N) is 1. The van der Waals surface area contributed by atoms with E-state index in [-0.39, 0.29) is 6.10 Å². The second-order valence-electron chi connectivity index (χ2n) is 6.37. The van der Waals surface area contributed by atoms with Crippen LogP contribution in [0.2, 0.25) is 0 Å². The summed E-state index contributed by atoms with van der Waals surface area (Å²) in [6, 6.07) is 3.69. The van der Waals surface area contributed by atoms with Crippen LogP contribution < -0.4 is 10.5 Å². The predicted molar refractivity (Wildman–Crippen MR) is 81.3 cm³/mol. The van der Waals surface area contributed by atoms with E-state index in [9.17, 15) is 0 Å². The monoisotopic (exact) mass is 278 g/mol. The molecule has 0 spiro atoms. The molecular weight excluding hydrogens is 256 g/mol. The van der Waals surface area contributed by atoms with E-state index in [0.717, 1.165) is 18.4 Å². The second-order valence-corrected chi connectivity index (χ2v) is 6.81. The van der Waals surface area contributed by atoms with Crippen molar-refractivity contribution in [3.8, 4) is 5.88 Å². The van der Waals surface area contributed by atoms with Gasteiger partial charge in [0.25, 0.3) is 0 Å². The molecule has 1 fully saturated rings. The van der Waals surface area contributed by atoms with Gasteiger partial charge in [0, 0.05) is 6.20 Å². The maximum atomic E-state index is 6.08. The highest BCUT2D eigenvalue weighted by molar-refractivity contribution is 7.80. The zero-order valence-corrected chi connectivity index (χ0v) is 12.7. The molecule has 104 valence electrons. The van der Waals surface area contributed by atoms with Crippen molar-refractivity contribution in [2.75, 3.05) is 0 Å². The summed E-state index contributed by atoms with van der Waals surface area (Å²) in [7, 11) is 0. The first-order valence-electron chi connectivity index (χ1n) is 6.79. The number of nitrogens with zero attached hydrogens (tertiary/aromatic N) is 1. The van der Waals surface area contributed by atoms with Gasteiger partial charge >= 0.3 is 0 Å². The number of ether oxygens (including phenoxy) is 1. The number of hydrogen-bond acceptors (Lipinski definition) is 3. The van der Waals surface area contributed by atoms with Crippen molar-refractivity contribution in [1.82, 2.24) is 4.98 Å². The average molecular weight is 278 g/mol. The molecule has 1 aliphatic rings. The molecule has 0 bridgehead atoms. The first-order valence-corrected chi connectivity index (χ1v) is 7.20. The summed E-state index contributed by atoms with van der Waals surface area (Å²) in [4.78, 5) is 4.62. The minimum Gasteiger partial charge on any atom is -0.474 e. The summed E-state index contributed by atoms with van der Waals surface area (Å²) in [6.45, 7) is 6.88. The molecule has 1 saturated carbocycles. The third-order valence-electron chi connectivity index (χ3n) is 3.66. The predicted octanol–water partition coefficient (Wildman–Crippen LogP) is 3.31. The fraction of sp³-hybridized carbons (Fsp3) is 0.600. The summed E-state index contributed by atoms with van der Waals surface area (Å²) in [5, 5.41) is 0. The Kier molecular flexibility index (Phi) is 4.09. The number of pyridine rings is 1. The largest absolute Gasteiger partial charge is 0.474 e. The van der Waals surface area contributed by atoms with Gasteiger partial charge in [0.15, 0.2) is 0 Å². The van der Waals surface area contributed by atoms with Crippen LogP contribution in [0.3, 0.4) is 0 Å².